The molecule has 1 heterocycles. The van der Waals surface area contributed by atoms with Crippen LogP contribution in [0.15, 0.2) is 34.6 Å². The van der Waals surface area contributed by atoms with Crippen LogP contribution < -0.4 is 0 Å². The summed E-state index contributed by atoms with van der Waals surface area (Å²) in [5.74, 6) is -0.303. The maximum absolute atomic E-state index is 13.4. The lowest BCUT2D eigenvalue weighted by molar-refractivity contribution is 0.562. The lowest BCUT2D eigenvalue weighted by Crippen LogP contribution is -1.84. The Hall–Kier alpha value is -1.84. The normalized spacial score (nSPS) is 9.81. The summed E-state index contributed by atoms with van der Waals surface area (Å²) in [7, 11) is 0. The summed E-state index contributed by atoms with van der Waals surface area (Å²) >= 11 is 1.33. The van der Waals surface area contributed by atoms with E-state index in [0.29, 0.717) is 16.3 Å². The van der Waals surface area contributed by atoms with E-state index >= 15 is 0 Å². The van der Waals surface area contributed by atoms with Gasteiger partial charge in [0.25, 0.3) is 0 Å². The van der Waals surface area contributed by atoms with E-state index in [-0.39, 0.29) is 12.4 Å². The second-order valence-corrected chi connectivity index (χ2v) is 3.89. The second-order valence-electron chi connectivity index (χ2n) is 3.03. The number of halogens is 1. The largest absolute Gasteiger partial charge is 0.239 e. The third-order valence-electron chi connectivity index (χ3n) is 1.96. The van der Waals surface area contributed by atoms with Gasteiger partial charge in [-0.3, -0.25) is 0 Å². The Balaban J connectivity index is 2.31. The van der Waals surface area contributed by atoms with Gasteiger partial charge in [-0.25, -0.2) is 14.2 Å². The Bertz CT molecular complexity index is 546. The number of nitrogens with zero attached hydrogens (tertiary/aromatic N) is 2. The average Bonchev–Trinajstić information content (AvgIpc) is 2.75. The monoisotopic (exact) mass is 234 g/mol. The van der Waals surface area contributed by atoms with Gasteiger partial charge in [-0.05, 0) is 12.1 Å². The second kappa shape index (κ2) is 4.79. The summed E-state index contributed by atoms with van der Waals surface area (Å²) < 4.78 is 13.4. The summed E-state index contributed by atoms with van der Waals surface area (Å²) in [4.78, 5) is 17.5. The Morgan fingerprint density at radius 1 is 1.44 bits per heavy atom. The Morgan fingerprint density at radius 3 is 3.00 bits per heavy atom. The minimum absolute atomic E-state index is 0.189. The Morgan fingerprint density at radius 2 is 2.25 bits per heavy atom. The molecule has 0 radical (unpaired) electrons. The van der Waals surface area contributed by atoms with Crippen LogP contribution in [-0.2, 0) is 11.3 Å². The summed E-state index contributed by atoms with van der Waals surface area (Å²) in [6.45, 7) is 0.189. The van der Waals surface area contributed by atoms with Crippen LogP contribution in [-0.4, -0.2) is 11.1 Å². The van der Waals surface area contributed by atoms with Gasteiger partial charge in [-0.2, -0.15) is 4.99 Å². The molecule has 0 saturated carbocycles. The molecule has 5 heteroatoms. The van der Waals surface area contributed by atoms with Gasteiger partial charge in [-0.15, -0.1) is 11.3 Å². The zero-order valence-electron chi connectivity index (χ0n) is 8.18. The highest BCUT2D eigenvalue weighted by Crippen LogP contribution is 2.26. The molecule has 3 nitrogen and oxygen atoms in total. The van der Waals surface area contributed by atoms with Crippen molar-refractivity contribution in [1.82, 2.24) is 4.98 Å². The van der Waals surface area contributed by atoms with E-state index in [1.807, 2.05) is 0 Å². The fourth-order valence-electron chi connectivity index (χ4n) is 1.25. The molecule has 0 saturated heterocycles. The van der Waals surface area contributed by atoms with Crippen molar-refractivity contribution in [2.24, 2.45) is 4.99 Å². The van der Waals surface area contributed by atoms with Crippen LogP contribution in [0.3, 0.4) is 0 Å². The van der Waals surface area contributed by atoms with Gasteiger partial charge < -0.3 is 0 Å². The zero-order valence-corrected chi connectivity index (χ0v) is 9.00. The summed E-state index contributed by atoms with van der Waals surface area (Å²) in [6.07, 6.45) is 1.44. The number of aromatic nitrogens is 1. The van der Waals surface area contributed by atoms with E-state index < -0.39 is 0 Å². The number of benzene rings is 1. The predicted octanol–water partition coefficient (Wildman–Crippen LogP) is 2.79. The maximum Gasteiger partial charge on any atom is 0.235 e. The molecule has 0 aliphatic rings. The van der Waals surface area contributed by atoms with Crippen LogP contribution in [0.1, 0.15) is 5.69 Å². The van der Waals surface area contributed by atoms with Crippen LogP contribution in [0.25, 0.3) is 10.6 Å². The van der Waals surface area contributed by atoms with Gasteiger partial charge in [0.2, 0.25) is 6.08 Å². The third kappa shape index (κ3) is 2.21. The van der Waals surface area contributed by atoms with Crippen LogP contribution in [0.5, 0.6) is 0 Å². The molecule has 0 aliphatic heterocycles. The molecule has 2 aromatic rings. The van der Waals surface area contributed by atoms with Gasteiger partial charge in [-0.1, -0.05) is 12.1 Å². The van der Waals surface area contributed by atoms with E-state index in [1.54, 1.807) is 23.6 Å². The standard InChI is InChI=1S/C11H7FN2OS/c12-10-4-2-1-3-9(10)11-14-8(6-16-11)5-13-7-15/h1-4,6H,5H2. The van der Waals surface area contributed by atoms with Crippen molar-refractivity contribution in [3.8, 4) is 10.6 Å². The van der Waals surface area contributed by atoms with Crippen molar-refractivity contribution in [2.75, 3.05) is 0 Å². The zero-order chi connectivity index (χ0) is 11.4. The molecular weight excluding hydrogens is 227 g/mol. The third-order valence-corrected chi connectivity index (χ3v) is 2.89. The number of isocyanates is 1. The molecular formula is C11H7FN2OS. The smallest absolute Gasteiger partial charge is 0.235 e. The first-order valence-electron chi connectivity index (χ1n) is 4.54. The molecule has 16 heavy (non-hydrogen) atoms. The molecule has 1 aromatic heterocycles. The summed E-state index contributed by atoms with van der Waals surface area (Å²) in [5.41, 5.74) is 1.11. The minimum atomic E-state index is -0.303. The fraction of sp³-hybridized carbons (Fsp3) is 0.0909. The van der Waals surface area contributed by atoms with Crippen molar-refractivity contribution in [2.45, 2.75) is 6.54 Å². The quantitative estimate of drug-likeness (QED) is 0.605. The van der Waals surface area contributed by atoms with Crippen molar-refractivity contribution in [3.05, 3.63) is 41.2 Å². The van der Waals surface area contributed by atoms with Crippen LogP contribution in [0.4, 0.5) is 4.39 Å². The van der Waals surface area contributed by atoms with E-state index in [0.717, 1.165) is 0 Å². The van der Waals surface area contributed by atoms with Gasteiger partial charge in [0, 0.05) is 10.9 Å². The van der Waals surface area contributed by atoms with Crippen molar-refractivity contribution in [1.29, 1.82) is 0 Å². The van der Waals surface area contributed by atoms with Gasteiger partial charge in [0.05, 0.1) is 12.2 Å². The molecule has 0 atom stereocenters. The topological polar surface area (TPSA) is 42.3 Å². The number of hydrogen-bond donors (Lipinski definition) is 0. The van der Waals surface area contributed by atoms with Crippen LogP contribution in [0.2, 0.25) is 0 Å². The highest BCUT2D eigenvalue weighted by atomic mass is 32.1. The average molecular weight is 234 g/mol. The van der Waals surface area contributed by atoms with E-state index in [2.05, 4.69) is 9.98 Å². The SMILES string of the molecule is O=C=NCc1csc(-c2ccccc2F)n1. The van der Waals surface area contributed by atoms with Crippen molar-refractivity contribution >= 4 is 17.4 Å². The molecule has 0 bridgehead atoms. The molecule has 0 unspecified atom stereocenters. The number of thiazole rings is 1. The van der Waals surface area contributed by atoms with Gasteiger partial charge in [0.15, 0.2) is 0 Å². The molecule has 80 valence electrons. The number of carbonyl (C=O) groups excluding carboxylic acids is 1. The first kappa shape index (κ1) is 10.7. The fourth-order valence-corrected chi connectivity index (χ4v) is 2.09. The molecule has 0 N–H and O–H groups in total. The number of aliphatic imine (C=N–C) groups is 1. The molecule has 0 spiro atoms. The first-order chi connectivity index (χ1) is 7.81. The molecule has 0 aliphatic carbocycles. The lowest BCUT2D eigenvalue weighted by Gasteiger charge is -1.96. The van der Waals surface area contributed by atoms with Gasteiger partial charge >= 0.3 is 0 Å². The Labute approximate surface area is 95.3 Å². The summed E-state index contributed by atoms with van der Waals surface area (Å²) in [6, 6.07) is 6.44. The molecule has 0 amide bonds. The highest BCUT2D eigenvalue weighted by Gasteiger charge is 2.08. The minimum Gasteiger partial charge on any atom is -0.239 e. The first-order valence-corrected chi connectivity index (χ1v) is 5.42. The highest BCUT2D eigenvalue weighted by molar-refractivity contribution is 7.13. The molecule has 1 aromatic carbocycles. The van der Waals surface area contributed by atoms with E-state index in [1.165, 1.54) is 23.5 Å². The molecule has 0 fully saturated rings. The maximum atomic E-state index is 13.4. The predicted molar refractivity (Wildman–Crippen MR) is 59.3 cm³/mol. The van der Waals surface area contributed by atoms with Crippen molar-refractivity contribution < 1.29 is 9.18 Å². The number of hydrogen-bond acceptors (Lipinski definition) is 4. The van der Waals surface area contributed by atoms with Crippen molar-refractivity contribution in [3.63, 3.8) is 0 Å². The van der Waals surface area contributed by atoms with Gasteiger partial charge in [0.1, 0.15) is 10.8 Å². The van der Waals surface area contributed by atoms with Crippen LogP contribution >= 0.6 is 11.3 Å². The van der Waals surface area contributed by atoms with E-state index in [4.69, 9.17) is 0 Å². The van der Waals surface area contributed by atoms with E-state index in [9.17, 15) is 9.18 Å². The summed E-state index contributed by atoms with van der Waals surface area (Å²) in [5, 5.41) is 2.34. The molecule has 2 rings (SSSR count). The lowest BCUT2D eigenvalue weighted by atomic mass is 10.2. The van der Waals surface area contributed by atoms with Crippen LogP contribution in [0, 0.1) is 5.82 Å². The Kier molecular flexibility index (Phi) is 3.19. The number of rotatable bonds is 3.